The molecule has 1 aliphatic heterocycles. The number of hydrogen-bond acceptors (Lipinski definition) is 3. The van der Waals surface area contributed by atoms with Gasteiger partial charge in [-0.1, -0.05) is 35.4 Å². The van der Waals surface area contributed by atoms with Crippen molar-refractivity contribution in [2.75, 3.05) is 33.9 Å². The van der Waals surface area contributed by atoms with E-state index < -0.39 is 0 Å². The van der Waals surface area contributed by atoms with Gasteiger partial charge in [0.1, 0.15) is 0 Å². The van der Waals surface area contributed by atoms with Crippen molar-refractivity contribution < 1.29 is 9.59 Å². The Morgan fingerprint density at radius 1 is 0.848 bits per heavy atom. The lowest BCUT2D eigenvalue weighted by Crippen LogP contribution is -2.24. The molecule has 1 heterocycles. The highest BCUT2D eigenvalue weighted by Crippen LogP contribution is 2.32. The fourth-order valence-corrected chi connectivity index (χ4v) is 4.05. The summed E-state index contributed by atoms with van der Waals surface area (Å²) in [6.45, 7) is 5.69. The topological polar surface area (TPSA) is 73.5 Å². The van der Waals surface area contributed by atoms with Gasteiger partial charge in [0.25, 0.3) is 5.91 Å². The Hall–Kier alpha value is -3.51. The normalized spacial score (nSPS) is 13.0. The molecule has 1 fully saturated rings. The number of benzene rings is 3. The standard InChI is InChI=1S/C26H27ClN4O2/c1-17-8-10-19(11-9-17)25(32)28-20-12-13-24(31-14-3-4-15-31)23(16-20)30-26(33)29-22-7-5-6-21(27)18(22)2/h5-13,16H,3-4,14-15H2,1-2H3,(H,28,32)(H2,29,30,33). The number of nitrogens with one attached hydrogen (secondary N) is 3. The van der Waals surface area contributed by atoms with Gasteiger partial charge in [0, 0.05) is 35.1 Å². The van der Waals surface area contributed by atoms with Crippen LogP contribution >= 0.6 is 11.6 Å². The van der Waals surface area contributed by atoms with Crippen LogP contribution in [0.25, 0.3) is 0 Å². The highest BCUT2D eigenvalue weighted by atomic mass is 35.5. The van der Waals surface area contributed by atoms with E-state index in [1.807, 2.05) is 38.1 Å². The van der Waals surface area contributed by atoms with E-state index in [4.69, 9.17) is 11.6 Å². The van der Waals surface area contributed by atoms with Crippen LogP contribution in [0.3, 0.4) is 0 Å². The second-order valence-electron chi connectivity index (χ2n) is 8.24. The van der Waals surface area contributed by atoms with E-state index in [1.54, 1.807) is 36.4 Å². The second-order valence-corrected chi connectivity index (χ2v) is 8.64. The third kappa shape index (κ3) is 5.46. The first-order valence-corrected chi connectivity index (χ1v) is 11.4. The molecule has 7 heteroatoms. The first-order chi connectivity index (χ1) is 15.9. The van der Waals surface area contributed by atoms with E-state index >= 15 is 0 Å². The van der Waals surface area contributed by atoms with Crippen LogP contribution in [0.1, 0.15) is 34.3 Å². The van der Waals surface area contributed by atoms with Crippen LogP contribution < -0.4 is 20.9 Å². The molecule has 4 rings (SSSR count). The monoisotopic (exact) mass is 462 g/mol. The summed E-state index contributed by atoms with van der Waals surface area (Å²) in [6.07, 6.45) is 2.22. The number of nitrogens with zero attached hydrogens (tertiary/aromatic N) is 1. The summed E-state index contributed by atoms with van der Waals surface area (Å²) < 4.78 is 0. The molecular weight excluding hydrogens is 436 g/mol. The average Bonchev–Trinajstić information content (AvgIpc) is 3.32. The predicted molar refractivity (Wildman–Crippen MR) is 136 cm³/mol. The molecule has 0 unspecified atom stereocenters. The second kappa shape index (κ2) is 9.96. The minimum absolute atomic E-state index is 0.200. The zero-order valence-electron chi connectivity index (χ0n) is 18.7. The first-order valence-electron chi connectivity index (χ1n) is 11.0. The lowest BCUT2D eigenvalue weighted by molar-refractivity contribution is 0.102. The molecule has 6 nitrogen and oxygen atoms in total. The Balaban J connectivity index is 1.56. The zero-order valence-corrected chi connectivity index (χ0v) is 19.5. The molecule has 0 atom stereocenters. The molecule has 0 saturated carbocycles. The van der Waals surface area contributed by atoms with Crippen LogP contribution in [0.5, 0.6) is 0 Å². The van der Waals surface area contributed by atoms with Gasteiger partial charge >= 0.3 is 6.03 Å². The summed E-state index contributed by atoms with van der Waals surface area (Å²) in [4.78, 5) is 27.7. The summed E-state index contributed by atoms with van der Waals surface area (Å²) >= 11 is 6.18. The van der Waals surface area contributed by atoms with Crippen molar-refractivity contribution in [2.45, 2.75) is 26.7 Å². The molecule has 0 bridgehead atoms. The smallest absolute Gasteiger partial charge is 0.323 e. The summed E-state index contributed by atoms with van der Waals surface area (Å²) in [5.74, 6) is -0.200. The van der Waals surface area contributed by atoms with Crippen LogP contribution in [-0.4, -0.2) is 25.0 Å². The quantitative estimate of drug-likeness (QED) is 0.407. The molecule has 170 valence electrons. The third-order valence-electron chi connectivity index (χ3n) is 5.78. The Morgan fingerprint density at radius 2 is 1.55 bits per heavy atom. The van der Waals surface area contributed by atoms with Gasteiger partial charge in [0.15, 0.2) is 0 Å². The highest BCUT2D eigenvalue weighted by molar-refractivity contribution is 6.31. The molecular formula is C26H27ClN4O2. The van der Waals surface area contributed by atoms with Crippen LogP contribution in [0.15, 0.2) is 60.7 Å². The van der Waals surface area contributed by atoms with E-state index in [-0.39, 0.29) is 11.9 Å². The number of anilines is 4. The Morgan fingerprint density at radius 3 is 2.27 bits per heavy atom. The highest BCUT2D eigenvalue weighted by Gasteiger charge is 2.18. The van der Waals surface area contributed by atoms with Gasteiger partial charge < -0.3 is 20.9 Å². The maximum atomic E-state index is 12.8. The van der Waals surface area contributed by atoms with E-state index in [1.165, 1.54) is 0 Å². The van der Waals surface area contributed by atoms with Crippen LogP contribution in [-0.2, 0) is 0 Å². The van der Waals surface area contributed by atoms with E-state index in [2.05, 4.69) is 20.9 Å². The van der Waals surface area contributed by atoms with Crippen molar-refractivity contribution >= 4 is 46.3 Å². The van der Waals surface area contributed by atoms with Gasteiger partial charge in [-0.25, -0.2) is 4.79 Å². The number of hydrogen-bond donors (Lipinski definition) is 3. The van der Waals surface area contributed by atoms with Gasteiger partial charge in [-0.15, -0.1) is 0 Å². The molecule has 1 saturated heterocycles. The summed E-state index contributed by atoms with van der Waals surface area (Å²) in [5, 5.41) is 9.34. The number of halogens is 1. The summed E-state index contributed by atoms with van der Waals surface area (Å²) in [6, 6.07) is 18.0. The molecule has 3 aromatic rings. The van der Waals surface area contributed by atoms with Crippen molar-refractivity contribution in [2.24, 2.45) is 0 Å². The van der Waals surface area contributed by atoms with Gasteiger partial charge in [-0.2, -0.15) is 0 Å². The van der Waals surface area contributed by atoms with Crippen LogP contribution in [0, 0.1) is 13.8 Å². The molecule has 0 radical (unpaired) electrons. The Kier molecular flexibility index (Phi) is 6.84. The lowest BCUT2D eigenvalue weighted by atomic mass is 10.1. The van der Waals surface area contributed by atoms with Gasteiger partial charge in [-0.3, -0.25) is 4.79 Å². The fourth-order valence-electron chi connectivity index (χ4n) is 3.87. The largest absolute Gasteiger partial charge is 0.370 e. The molecule has 3 aromatic carbocycles. The van der Waals surface area contributed by atoms with Crippen LogP contribution in [0.2, 0.25) is 5.02 Å². The number of urea groups is 1. The van der Waals surface area contributed by atoms with Crippen molar-refractivity contribution in [1.29, 1.82) is 0 Å². The summed E-state index contributed by atoms with van der Waals surface area (Å²) in [5.41, 5.74) is 5.29. The first kappa shape index (κ1) is 22.7. The van der Waals surface area contributed by atoms with Crippen molar-refractivity contribution in [1.82, 2.24) is 0 Å². The maximum Gasteiger partial charge on any atom is 0.323 e. The van der Waals surface area contributed by atoms with E-state index in [9.17, 15) is 9.59 Å². The predicted octanol–water partition coefficient (Wildman–Crippen LogP) is 6.45. The Bertz CT molecular complexity index is 1170. The van der Waals surface area contributed by atoms with Gasteiger partial charge in [0.2, 0.25) is 0 Å². The number of amides is 3. The number of carbonyl (C=O) groups is 2. The van der Waals surface area contributed by atoms with E-state index in [0.717, 1.165) is 42.7 Å². The molecule has 0 spiro atoms. The molecule has 3 amide bonds. The average molecular weight is 463 g/mol. The minimum atomic E-state index is -0.372. The molecule has 0 aliphatic carbocycles. The minimum Gasteiger partial charge on any atom is -0.370 e. The van der Waals surface area contributed by atoms with E-state index in [0.29, 0.717) is 27.6 Å². The van der Waals surface area contributed by atoms with Gasteiger partial charge in [-0.05, 0) is 74.7 Å². The maximum absolute atomic E-state index is 12.8. The Labute approximate surface area is 198 Å². The molecule has 3 N–H and O–H groups in total. The summed E-state index contributed by atoms with van der Waals surface area (Å²) in [7, 11) is 0. The number of rotatable bonds is 5. The van der Waals surface area contributed by atoms with Crippen molar-refractivity contribution in [3.63, 3.8) is 0 Å². The van der Waals surface area contributed by atoms with Gasteiger partial charge in [0.05, 0.1) is 11.4 Å². The van der Waals surface area contributed by atoms with Crippen LogP contribution in [0.4, 0.5) is 27.5 Å². The molecule has 1 aliphatic rings. The number of carbonyl (C=O) groups excluding carboxylic acids is 2. The SMILES string of the molecule is Cc1ccc(C(=O)Nc2ccc(N3CCCC3)c(NC(=O)Nc3cccc(Cl)c3C)c2)cc1. The third-order valence-corrected chi connectivity index (χ3v) is 6.19. The zero-order chi connectivity index (χ0) is 23.4. The lowest BCUT2D eigenvalue weighted by Gasteiger charge is -2.23. The van der Waals surface area contributed by atoms with Crippen molar-refractivity contribution in [3.05, 3.63) is 82.4 Å². The number of aryl methyl sites for hydroxylation is 1. The fraction of sp³-hybridized carbons (Fsp3) is 0.231. The van der Waals surface area contributed by atoms with Crippen molar-refractivity contribution in [3.8, 4) is 0 Å². The molecule has 33 heavy (non-hydrogen) atoms. The molecule has 0 aromatic heterocycles.